The number of rotatable bonds is 3. The molecule has 1 fully saturated rings. The number of aryl methyl sites for hydroxylation is 1. The van der Waals surface area contributed by atoms with Gasteiger partial charge in [0.25, 0.3) is 0 Å². The van der Waals surface area contributed by atoms with Gasteiger partial charge in [-0.3, -0.25) is 4.79 Å². The summed E-state index contributed by atoms with van der Waals surface area (Å²) in [5, 5.41) is 0. The molecule has 0 aliphatic carbocycles. The van der Waals surface area contributed by atoms with E-state index in [1.165, 1.54) is 7.11 Å². The van der Waals surface area contributed by atoms with Gasteiger partial charge in [-0.15, -0.1) is 0 Å². The number of nitrogens with two attached hydrogens (primary N) is 1. The summed E-state index contributed by atoms with van der Waals surface area (Å²) >= 11 is 0. The molecule has 1 aromatic rings. The standard InChI is InChI=1S/C13H19N3O3/c1-7-4-5-9(18-2)8(6-7)10-11(13(17)19-3)15-16-12(10)14/h4-6,10-12,15-16H,14H2,1-3H3. The van der Waals surface area contributed by atoms with Gasteiger partial charge in [0.15, 0.2) is 0 Å². The fourth-order valence-electron chi connectivity index (χ4n) is 2.39. The summed E-state index contributed by atoms with van der Waals surface area (Å²) in [7, 11) is 2.96. The van der Waals surface area contributed by atoms with Crippen LogP contribution < -0.4 is 21.3 Å². The van der Waals surface area contributed by atoms with Crippen molar-refractivity contribution in [2.24, 2.45) is 5.73 Å². The van der Waals surface area contributed by atoms with Crippen LogP contribution >= 0.6 is 0 Å². The van der Waals surface area contributed by atoms with Crippen molar-refractivity contribution in [1.29, 1.82) is 0 Å². The van der Waals surface area contributed by atoms with Crippen molar-refractivity contribution >= 4 is 5.97 Å². The average molecular weight is 265 g/mol. The molecule has 19 heavy (non-hydrogen) atoms. The molecule has 4 N–H and O–H groups in total. The van der Waals surface area contributed by atoms with E-state index < -0.39 is 6.04 Å². The van der Waals surface area contributed by atoms with Crippen LogP contribution in [0.1, 0.15) is 17.0 Å². The first kappa shape index (κ1) is 13.8. The highest BCUT2D eigenvalue weighted by molar-refractivity contribution is 5.78. The van der Waals surface area contributed by atoms with Crippen molar-refractivity contribution in [3.8, 4) is 5.75 Å². The van der Waals surface area contributed by atoms with Gasteiger partial charge in [-0.1, -0.05) is 17.7 Å². The number of hydrazine groups is 1. The molecule has 0 amide bonds. The molecule has 0 saturated carbocycles. The largest absolute Gasteiger partial charge is 0.496 e. The minimum atomic E-state index is -0.532. The van der Waals surface area contributed by atoms with Crippen LogP contribution in [0.5, 0.6) is 5.75 Å². The second kappa shape index (κ2) is 5.56. The lowest BCUT2D eigenvalue weighted by molar-refractivity contribution is -0.143. The second-order valence-electron chi connectivity index (χ2n) is 4.59. The minimum absolute atomic E-state index is 0.248. The Hall–Kier alpha value is -1.63. The van der Waals surface area contributed by atoms with Crippen LogP contribution in [-0.2, 0) is 9.53 Å². The first-order chi connectivity index (χ1) is 9.08. The van der Waals surface area contributed by atoms with Crippen molar-refractivity contribution in [1.82, 2.24) is 10.9 Å². The first-order valence-corrected chi connectivity index (χ1v) is 6.07. The lowest BCUT2D eigenvalue weighted by Crippen LogP contribution is -2.39. The van der Waals surface area contributed by atoms with E-state index in [4.69, 9.17) is 15.2 Å². The van der Waals surface area contributed by atoms with E-state index in [9.17, 15) is 4.79 Å². The summed E-state index contributed by atoms with van der Waals surface area (Å²) in [5.74, 6) is 0.113. The van der Waals surface area contributed by atoms with Crippen molar-refractivity contribution in [3.63, 3.8) is 0 Å². The molecule has 0 spiro atoms. The Kier molecular flexibility index (Phi) is 4.04. The fourth-order valence-corrected chi connectivity index (χ4v) is 2.39. The number of methoxy groups -OCH3 is 2. The quantitative estimate of drug-likeness (QED) is 0.668. The summed E-state index contributed by atoms with van der Waals surface area (Å²) in [4.78, 5) is 11.8. The van der Waals surface area contributed by atoms with Gasteiger partial charge in [0.05, 0.1) is 20.4 Å². The Morgan fingerprint density at radius 3 is 2.68 bits per heavy atom. The Balaban J connectivity index is 2.42. The normalized spacial score (nSPS) is 26.2. The molecule has 6 heteroatoms. The maximum Gasteiger partial charge on any atom is 0.324 e. The predicted molar refractivity (Wildman–Crippen MR) is 70.5 cm³/mol. The smallest absolute Gasteiger partial charge is 0.324 e. The lowest BCUT2D eigenvalue weighted by Gasteiger charge is -2.22. The van der Waals surface area contributed by atoms with Crippen LogP contribution in [0.15, 0.2) is 18.2 Å². The Morgan fingerprint density at radius 2 is 2.05 bits per heavy atom. The summed E-state index contributed by atoms with van der Waals surface area (Å²) < 4.78 is 10.2. The zero-order chi connectivity index (χ0) is 14.0. The topological polar surface area (TPSA) is 85.6 Å². The molecule has 0 aromatic heterocycles. The van der Waals surface area contributed by atoms with E-state index in [0.717, 1.165) is 11.1 Å². The number of benzene rings is 1. The number of carbonyl (C=O) groups is 1. The highest BCUT2D eigenvalue weighted by atomic mass is 16.5. The molecule has 1 heterocycles. The van der Waals surface area contributed by atoms with Gasteiger partial charge in [0, 0.05) is 11.5 Å². The predicted octanol–water partition coefficient (Wildman–Crippen LogP) is 0.0214. The Bertz CT molecular complexity index is 478. The van der Waals surface area contributed by atoms with Gasteiger partial charge in [0.2, 0.25) is 0 Å². The minimum Gasteiger partial charge on any atom is -0.496 e. The number of nitrogens with one attached hydrogen (secondary N) is 2. The van der Waals surface area contributed by atoms with Gasteiger partial charge in [-0.05, 0) is 13.0 Å². The zero-order valence-corrected chi connectivity index (χ0v) is 11.3. The van der Waals surface area contributed by atoms with E-state index in [1.807, 2.05) is 25.1 Å². The Labute approximate surface area is 112 Å². The number of hydrogen-bond acceptors (Lipinski definition) is 6. The molecule has 1 saturated heterocycles. The fraction of sp³-hybridized carbons (Fsp3) is 0.462. The number of ether oxygens (including phenoxy) is 2. The maximum atomic E-state index is 11.8. The van der Waals surface area contributed by atoms with Crippen molar-refractivity contribution in [2.75, 3.05) is 14.2 Å². The molecule has 6 nitrogen and oxygen atoms in total. The molecule has 104 valence electrons. The molecule has 0 radical (unpaired) electrons. The second-order valence-corrected chi connectivity index (χ2v) is 4.59. The summed E-state index contributed by atoms with van der Waals surface area (Å²) in [6.07, 6.45) is -0.389. The van der Waals surface area contributed by atoms with Crippen LogP contribution in [0.3, 0.4) is 0 Å². The molecule has 0 bridgehead atoms. The molecule has 1 aromatic carbocycles. The van der Waals surface area contributed by atoms with E-state index >= 15 is 0 Å². The molecule has 3 unspecified atom stereocenters. The van der Waals surface area contributed by atoms with Crippen molar-refractivity contribution in [3.05, 3.63) is 29.3 Å². The van der Waals surface area contributed by atoms with Crippen LogP contribution in [0, 0.1) is 6.92 Å². The van der Waals surface area contributed by atoms with Crippen LogP contribution in [-0.4, -0.2) is 32.4 Å². The molecule has 2 rings (SSSR count). The van der Waals surface area contributed by atoms with E-state index in [1.54, 1.807) is 7.11 Å². The number of hydrogen-bond donors (Lipinski definition) is 3. The lowest BCUT2D eigenvalue weighted by atomic mass is 9.89. The van der Waals surface area contributed by atoms with E-state index in [-0.39, 0.29) is 18.1 Å². The zero-order valence-electron chi connectivity index (χ0n) is 11.3. The van der Waals surface area contributed by atoms with Gasteiger partial charge in [-0.2, -0.15) is 0 Å². The SMILES string of the molecule is COC(=O)C1NNC(N)C1c1cc(C)ccc1OC. The highest BCUT2D eigenvalue weighted by Crippen LogP contribution is 2.33. The third-order valence-corrected chi connectivity index (χ3v) is 3.35. The summed E-state index contributed by atoms with van der Waals surface area (Å²) in [6.45, 7) is 1.98. The average Bonchev–Trinajstić information content (AvgIpc) is 2.79. The van der Waals surface area contributed by atoms with Crippen molar-refractivity contribution < 1.29 is 14.3 Å². The van der Waals surface area contributed by atoms with Crippen LogP contribution in [0.4, 0.5) is 0 Å². The third-order valence-electron chi connectivity index (χ3n) is 3.35. The maximum absolute atomic E-state index is 11.8. The first-order valence-electron chi connectivity index (χ1n) is 6.07. The van der Waals surface area contributed by atoms with Gasteiger partial charge >= 0.3 is 5.97 Å². The van der Waals surface area contributed by atoms with Gasteiger partial charge < -0.3 is 15.2 Å². The van der Waals surface area contributed by atoms with Crippen LogP contribution in [0.2, 0.25) is 0 Å². The summed E-state index contributed by atoms with van der Waals surface area (Å²) in [6, 6.07) is 5.28. The Morgan fingerprint density at radius 1 is 1.32 bits per heavy atom. The molecular weight excluding hydrogens is 246 g/mol. The van der Waals surface area contributed by atoms with E-state index in [2.05, 4.69) is 10.9 Å². The molecule has 1 aliphatic rings. The van der Waals surface area contributed by atoms with E-state index in [0.29, 0.717) is 5.75 Å². The molecule has 3 atom stereocenters. The highest BCUT2D eigenvalue weighted by Gasteiger charge is 2.41. The monoisotopic (exact) mass is 265 g/mol. The number of esters is 1. The molecular formula is C13H19N3O3. The van der Waals surface area contributed by atoms with Crippen LogP contribution in [0.25, 0.3) is 0 Å². The number of carbonyl (C=O) groups excluding carboxylic acids is 1. The van der Waals surface area contributed by atoms with Gasteiger partial charge in [-0.25, -0.2) is 10.9 Å². The third kappa shape index (κ3) is 2.56. The van der Waals surface area contributed by atoms with Crippen molar-refractivity contribution in [2.45, 2.75) is 25.0 Å². The molecule has 1 aliphatic heterocycles. The summed E-state index contributed by atoms with van der Waals surface area (Å²) in [5.41, 5.74) is 13.8. The van der Waals surface area contributed by atoms with Gasteiger partial charge in [0.1, 0.15) is 11.8 Å².